The SMILES string of the molecule is CC1CN(c2ccc(C(=N)N)c(Cl)c2)CCN1C. The van der Waals surface area contributed by atoms with Gasteiger partial charge in [0.05, 0.1) is 5.02 Å². The quantitative estimate of drug-likeness (QED) is 0.634. The fourth-order valence-corrected chi connectivity index (χ4v) is 2.48. The summed E-state index contributed by atoms with van der Waals surface area (Å²) in [7, 11) is 2.15. The molecule has 1 aliphatic heterocycles. The van der Waals surface area contributed by atoms with Gasteiger partial charge in [0, 0.05) is 36.9 Å². The highest BCUT2D eigenvalue weighted by Gasteiger charge is 2.21. The zero-order valence-corrected chi connectivity index (χ0v) is 11.5. The minimum Gasteiger partial charge on any atom is -0.384 e. The number of rotatable bonds is 2. The van der Waals surface area contributed by atoms with E-state index in [9.17, 15) is 0 Å². The maximum absolute atomic E-state index is 7.42. The Labute approximate surface area is 113 Å². The summed E-state index contributed by atoms with van der Waals surface area (Å²) in [6.45, 7) is 5.26. The molecule has 1 aromatic rings. The van der Waals surface area contributed by atoms with Gasteiger partial charge in [-0.15, -0.1) is 0 Å². The molecule has 1 aliphatic rings. The molecule has 0 aromatic heterocycles. The molecule has 4 nitrogen and oxygen atoms in total. The molecular formula is C13H19ClN4. The predicted octanol–water partition coefficient (Wildman–Crippen LogP) is 1.76. The van der Waals surface area contributed by atoms with Gasteiger partial charge in [-0.05, 0) is 32.2 Å². The summed E-state index contributed by atoms with van der Waals surface area (Å²) in [6.07, 6.45) is 0. The highest BCUT2D eigenvalue weighted by Crippen LogP contribution is 2.25. The Morgan fingerprint density at radius 2 is 2.17 bits per heavy atom. The molecule has 3 N–H and O–H groups in total. The van der Waals surface area contributed by atoms with E-state index in [1.807, 2.05) is 18.2 Å². The molecule has 0 spiro atoms. The number of nitrogens with two attached hydrogens (primary N) is 1. The van der Waals surface area contributed by atoms with Crippen LogP contribution in [0.1, 0.15) is 12.5 Å². The molecular weight excluding hydrogens is 248 g/mol. The number of halogens is 1. The Balaban J connectivity index is 2.19. The molecule has 1 aromatic carbocycles. The van der Waals surface area contributed by atoms with E-state index in [0.29, 0.717) is 16.6 Å². The third kappa shape index (κ3) is 2.60. The van der Waals surface area contributed by atoms with Crippen molar-refractivity contribution in [3.63, 3.8) is 0 Å². The van der Waals surface area contributed by atoms with E-state index in [1.54, 1.807) is 0 Å². The third-order valence-corrected chi connectivity index (χ3v) is 3.88. The summed E-state index contributed by atoms with van der Waals surface area (Å²) in [5, 5.41) is 7.97. The third-order valence-electron chi connectivity index (χ3n) is 3.57. The Kier molecular flexibility index (Phi) is 3.78. The van der Waals surface area contributed by atoms with Crippen molar-refractivity contribution in [2.24, 2.45) is 5.73 Å². The van der Waals surface area contributed by atoms with Crippen molar-refractivity contribution in [1.29, 1.82) is 5.41 Å². The predicted molar refractivity (Wildman–Crippen MR) is 76.8 cm³/mol. The number of anilines is 1. The molecule has 1 saturated heterocycles. The second-order valence-corrected chi connectivity index (χ2v) is 5.26. The molecule has 0 aliphatic carbocycles. The Bertz CT molecular complexity index is 460. The van der Waals surface area contributed by atoms with Crippen LogP contribution in [0.4, 0.5) is 5.69 Å². The number of piperazine rings is 1. The van der Waals surface area contributed by atoms with E-state index in [0.717, 1.165) is 25.3 Å². The van der Waals surface area contributed by atoms with E-state index < -0.39 is 0 Å². The van der Waals surface area contributed by atoms with Crippen molar-refractivity contribution in [1.82, 2.24) is 4.90 Å². The van der Waals surface area contributed by atoms with Gasteiger partial charge in [-0.3, -0.25) is 5.41 Å². The van der Waals surface area contributed by atoms with Crippen molar-refractivity contribution in [2.75, 3.05) is 31.6 Å². The molecule has 1 heterocycles. The van der Waals surface area contributed by atoms with Gasteiger partial charge in [-0.2, -0.15) is 0 Å². The summed E-state index contributed by atoms with van der Waals surface area (Å²) < 4.78 is 0. The average molecular weight is 267 g/mol. The van der Waals surface area contributed by atoms with Gasteiger partial charge in [0.25, 0.3) is 0 Å². The topological polar surface area (TPSA) is 56.4 Å². The van der Waals surface area contributed by atoms with E-state index in [-0.39, 0.29) is 5.84 Å². The number of hydrogen-bond acceptors (Lipinski definition) is 3. The van der Waals surface area contributed by atoms with Gasteiger partial charge in [0.15, 0.2) is 0 Å². The normalized spacial score (nSPS) is 21.1. The maximum atomic E-state index is 7.42. The van der Waals surface area contributed by atoms with Crippen LogP contribution in [0, 0.1) is 5.41 Å². The molecule has 0 amide bonds. The molecule has 2 rings (SSSR count). The van der Waals surface area contributed by atoms with Crippen LogP contribution in [0.15, 0.2) is 18.2 Å². The number of nitrogens with zero attached hydrogens (tertiary/aromatic N) is 2. The molecule has 18 heavy (non-hydrogen) atoms. The van der Waals surface area contributed by atoms with Crippen LogP contribution >= 0.6 is 11.6 Å². The average Bonchev–Trinajstić information content (AvgIpc) is 2.32. The lowest BCUT2D eigenvalue weighted by Crippen LogP contribution is -2.50. The Morgan fingerprint density at radius 1 is 1.44 bits per heavy atom. The van der Waals surface area contributed by atoms with Crippen LogP contribution in [-0.2, 0) is 0 Å². The summed E-state index contributed by atoms with van der Waals surface area (Å²) in [4.78, 5) is 4.67. The first kappa shape index (κ1) is 13.2. The molecule has 1 unspecified atom stereocenters. The lowest BCUT2D eigenvalue weighted by Gasteiger charge is -2.39. The van der Waals surface area contributed by atoms with E-state index in [4.69, 9.17) is 22.7 Å². The molecule has 1 atom stereocenters. The molecule has 5 heteroatoms. The number of amidine groups is 1. The van der Waals surface area contributed by atoms with Crippen molar-refractivity contribution in [2.45, 2.75) is 13.0 Å². The summed E-state index contributed by atoms with van der Waals surface area (Å²) in [5.41, 5.74) is 7.16. The minimum absolute atomic E-state index is 0.0123. The lowest BCUT2D eigenvalue weighted by molar-refractivity contribution is 0.234. The highest BCUT2D eigenvalue weighted by molar-refractivity contribution is 6.34. The largest absolute Gasteiger partial charge is 0.384 e. The first-order valence-corrected chi connectivity index (χ1v) is 6.46. The van der Waals surface area contributed by atoms with Crippen LogP contribution < -0.4 is 10.6 Å². The fraction of sp³-hybridized carbons (Fsp3) is 0.462. The second kappa shape index (κ2) is 5.16. The fourth-order valence-electron chi connectivity index (χ4n) is 2.20. The number of hydrogen-bond donors (Lipinski definition) is 2. The van der Waals surface area contributed by atoms with Crippen molar-refractivity contribution in [3.8, 4) is 0 Å². The zero-order valence-electron chi connectivity index (χ0n) is 10.8. The van der Waals surface area contributed by atoms with Gasteiger partial charge in [-0.25, -0.2) is 0 Å². The smallest absolute Gasteiger partial charge is 0.124 e. The maximum Gasteiger partial charge on any atom is 0.124 e. The van der Waals surface area contributed by atoms with E-state index >= 15 is 0 Å². The Morgan fingerprint density at radius 3 is 2.72 bits per heavy atom. The molecule has 0 bridgehead atoms. The number of likely N-dealkylation sites (N-methyl/N-ethyl adjacent to an activating group) is 1. The first-order valence-electron chi connectivity index (χ1n) is 6.08. The van der Waals surface area contributed by atoms with Crippen molar-refractivity contribution < 1.29 is 0 Å². The van der Waals surface area contributed by atoms with E-state index in [2.05, 4.69) is 23.8 Å². The van der Waals surface area contributed by atoms with Crippen LogP contribution in [0.2, 0.25) is 5.02 Å². The van der Waals surface area contributed by atoms with Crippen LogP contribution in [0.25, 0.3) is 0 Å². The molecule has 1 fully saturated rings. The monoisotopic (exact) mass is 266 g/mol. The van der Waals surface area contributed by atoms with Crippen LogP contribution in [0.5, 0.6) is 0 Å². The highest BCUT2D eigenvalue weighted by atomic mass is 35.5. The zero-order chi connectivity index (χ0) is 13.3. The summed E-state index contributed by atoms with van der Waals surface area (Å²) in [6, 6.07) is 6.24. The van der Waals surface area contributed by atoms with Gasteiger partial charge in [0.1, 0.15) is 5.84 Å². The first-order chi connectivity index (χ1) is 8.49. The van der Waals surface area contributed by atoms with Gasteiger partial charge < -0.3 is 15.5 Å². The minimum atomic E-state index is 0.0123. The Hall–Kier alpha value is -1.26. The number of nitrogen functional groups attached to an aromatic ring is 1. The molecule has 0 radical (unpaired) electrons. The van der Waals surface area contributed by atoms with Crippen LogP contribution in [0.3, 0.4) is 0 Å². The second-order valence-electron chi connectivity index (χ2n) is 4.85. The van der Waals surface area contributed by atoms with Crippen molar-refractivity contribution >= 4 is 23.1 Å². The standard InChI is InChI=1S/C13H19ClN4/c1-9-8-18(6-5-17(9)2)10-3-4-11(13(15)16)12(14)7-10/h3-4,7,9H,5-6,8H2,1-2H3,(H3,15,16). The summed E-state index contributed by atoms with van der Waals surface area (Å²) in [5.74, 6) is 0.0123. The molecule has 98 valence electrons. The molecule has 0 saturated carbocycles. The summed E-state index contributed by atoms with van der Waals surface area (Å²) >= 11 is 6.15. The van der Waals surface area contributed by atoms with Gasteiger partial charge >= 0.3 is 0 Å². The lowest BCUT2D eigenvalue weighted by atomic mass is 10.1. The number of benzene rings is 1. The van der Waals surface area contributed by atoms with Gasteiger partial charge in [0.2, 0.25) is 0 Å². The van der Waals surface area contributed by atoms with Crippen LogP contribution in [-0.4, -0.2) is 43.5 Å². The number of nitrogens with one attached hydrogen (secondary N) is 1. The van der Waals surface area contributed by atoms with E-state index in [1.165, 1.54) is 0 Å². The van der Waals surface area contributed by atoms with Gasteiger partial charge in [-0.1, -0.05) is 11.6 Å². The van der Waals surface area contributed by atoms with Crippen molar-refractivity contribution in [3.05, 3.63) is 28.8 Å².